The fourth-order valence-corrected chi connectivity index (χ4v) is 4.33. The SMILES string of the molecule is Cc1ccc(C(=O)NCCCc2nc3ccccc3n2CCCOc2ccccc2Cl)c(C)c1. The fraction of sp³-hybridized carbons (Fsp3) is 0.286. The molecule has 4 rings (SSSR count). The number of halogens is 1. The van der Waals surface area contributed by atoms with Crippen LogP contribution < -0.4 is 10.1 Å². The topological polar surface area (TPSA) is 56.2 Å². The van der Waals surface area contributed by atoms with E-state index in [1.165, 1.54) is 0 Å². The number of para-hydroxylation sites is 3. The van der Waals surface area contributed by atoms with Gasteiger partial charge in [-0.1, -0.05) is 53.6 Å². The Bertz CT molecular complexity index is 1280. The summed E-state index contributed by atoms with van der Waals surface area (Å²) in [4.78, 5) is 17.4. The molecule has 0 aliphatic rings. The van der Waals surface area contributed by atoms with Crippen molar-refractivity contribution in [2.75, 3.05) is 13.2 Å². The molecule has 4 aromatic rings. The molecule has 6 heteroatoms. The summed E-state index contributed by atoms with van der Waals surface area (Å²) in [6.07, 6.45) is 2.44. The lowest BCUT2D eigenvalue weighted by Crippen LogP contribution is -2.25. The van der Waals surface area contributed by atoms with Crippen LogP contribution in [0.25, 0.3) is 11.0 Å². The third kappa shape index (κ3) is 5.78. The zero-order chi connectivity index (χ0) is 23.9. The molecule has 0 bridgehead atoms. The minimum atomic E-state index is -0.0253. The number of hydrogen-bond acceptors (Lipinski definition) is 3. The fourth-order valence-electron chi connectivity index (χ4n) is 4.14. The minimum Gasteiger partial charge on any atom is -0.492 e. The number of fused-ring (bicyclic) bond motifs is 1. The van der Waals surface area contributed by atoms with Gasteiger partial charge in [0.2, 0.25) is 0 Å². The van der Waals surface area contributed by atoms with E-state index >= 15 is 0 Å². The van der Waals surface area contributed by atoms with Gasteiger partial charge in [0.05, 0.1) is 22.7 Å². The van der Waals surface area contributed by atoms with E-state index in [4.69, 9.17) is 21.3 Å². The van der Waals surface area contributed by atoms with Crippen molar-refractivity contribution >= 4 is 28.5 Å². The highest BCUT2D eigenvalue weighted by Gasteiger charge is 2.12. The number of aromatic nitrogens is 2. The Labute approximate surface area is 205 Å². The standard InChI is InChI=1S/C28H30ClN3O2/c1-20-14-15-22(21(2)19-20)28(33)30-16-7-13-27-31-24-10-4-5-11-25(24)32(27)17-8-18-34-26-12-6-3-9-23(26)29/h3-6,9-12,14-15,19H,7-8,13,16-18H2,1-2H3,(H,30,33). The molecule has 0 fully saturated rings. The number of carbonyl (C=O) groups is 1. The highest BCUT2D eigenvalue weighted by atomic mass is 35.5. The van der Waals surface area contributed by atoms with Gasteiger partial charge in [-0.25, -0.2) is 4.98 Å². The van der Waals surface area contributed by atoms with Crippen LogP contribution >= 0.6 is 11.6 Å². The molecule has 0 aliphatic heterocycles. The van der Waals surface area contributed by atoms with E-state index in [0.717, 1.165) is 59.4 Å². The van der Waals surface area contributed by atoms with Crippen molar-refractivity contribution < 1.29 is 9.53 Å². The first-order valence-electron chi connectivity index (χ1n) is 11.7. The smallest absolute Gasteiger partial charge is 0.251 e. The van der Waals surface area contributed by atoms with Gasteiger partial charge < -0.3 is 14.6 Å². The number of imidazole rings is 1. The number of aryl methyl sites for hydroxylation is 4. The van der Waals surface area contributed by atoms with Crippen LogP contribution in [0.3, 0.4) is 0 Å². The Morgan fingerprint density at radius 1 is 1.03 bits per heavy atom. The van der Waals surface area contributed by atoms with Crippen molar-refractivity contribution in [2.45, 2.75) is 39.7 Å². The molecule has 0 spiro atoms. The summed E-state index contributed by atoms with van der Waals surface area (Å²) in [5.74, 6) is 1.71. The molecule has 0 radical (unpaired) electrons. The van der Waals surface area contributed by atoms with E-state index in [1.807, 2.05) is 74.5 Å². The summed E-state index contributed by atoms with van der Waals surface area (Å²) >= 11 is 6.18. The van der Waals surface area contributed by atoms with E-state index in [9.17, 15) is 4.79 Å². The molecule has 5 nitrogen and oxygen atoms in total. The van der Waals surface area contributed by atoms with Gasteiger partial charge in [-0.3, -0.25) is 4.79 Å². The van der Waals surface area contributed by atoms with E-state index in [-0.39, 0.29) is 5.91 Å². The third-order valence-corrected chi connectivity index (χ3v) is 6.16. The van der Waals surface area contributed by atoms with Gasteiger partial charge in [0.1, 0.15) is 11.6 Å². The normalized spacial score (nSPS) is 11.0. The van der Waals surface area contributed by atoms with Gasteiger partial charge in [-0.05, 0) is 62.6 Å². The predicted octanol–water partition coefficient (Wildman–Crippen LogP) is 6.14. The maximum atomic E-state index is 12.6. The van der Waals surface area contributed by atoms with Crippen molar-refractivity contribution in [1.82, 2.24) is 14.9 Å². The first kappa shape index (κ1) is 23.8. The molecule has 1 heterocycles. The Morgan fingerprint density at radius 3 is 2.65 bits per heavy atom. The summed E-state index contributed by atoms with van der Waals surface area (Å²) in [6.45, 7) is 5.98. The molecule has 0 atom stereocenters. The predicted molar refractivity (Wildman–Crippen MR) is 138 cm³/mol. The first-order chi connectivity index (χ1) is 16.5. The maximum Gasteiger partial charge on any atom is 0.251 e. The van der Waals surface area contributed by atoms with Crippen molar-refractivity contribution in [3.63, 3.8) is 0 Å². The van der Waals surface area contributed by atoms with E-state index in [1.54, 1.807) is 0 Å². The van der Waals surface area contributed by atoms with Gasteiger partial charge in [0.15, 0.2) is 0 Å². The number of nitrogens with zero attached hydrogens (tertiary/aromatic N) is 2. The number of ether oxygens (including phenoxy) is 1. The van der Waals surface area contributed by atoms with Crippen molar-refractivity contribution in [2.24, 2.45) is 0 Å². The van der Waals surface area contributed by atoms with E-state index in [0.29, 0.717) is 23.9 Å². The molecule has 0 saturated carbocycles. The lowest BCUT2D eigenvalue weighted by molar-refractivity contribution is 0.0952. The molecule has 3 aromatic carbocycles. The number of rotatable bonds is 10. The zero-order valence-electron chi connectivity index (χ0n) is 19.7. The van der Waals surface area contributed by atoms with E-state index < -0.39 is 0 Å². The van der Waals surface area contributed by atoms with Gasteiger partial charge in [-0.15, -0.1) is 0 Å². The molecule has 1 aromatic heterocycles. The number of nitrogens with one attached hydrogen (secondary N) is 1. The van der Waals surface area contributed by atoms with Crippen LogP contribution in [-0.2, 0) is 13.0 Å². The van der Waals surface area contributed by atoms with Crippen LogP contribution in [0.2, 0.25) is 5.02 Å². The minimum absolute atomic E-state index is 0.0253. The highest BCUT2D eigenvalue weighted by Crippen LogP contribution is 2.23. The van der Waals surface area contributed by atoms with Crippen molar-refractivity contribution in [1.29, 1.82) is 0 Å². The second-order valence-corrected chi connectivity index (χ2v) is 8.89. The average molecular weight is 476 g/mol. The second kappa shape index (κ2) is 11.2. The Morgan fingerprint density at radius 2 is 1.82 bits per heavy atom. The first-order valence-corrected chi connectivity index (χ1v) is 12.1. The van der Waals surface area contributed by atoms with Crippen LogP contribution in [0.15, 0.2) is 66.7 Å². The summed E-state index contributed by atoms with van der Waals surface area (Å²) in [5, 5.41) is 3.67. The van der Waals surface area contributed by atoms with Crippen LogP contribution in [0.4, 0.5) is 0 Å². The van der Waals surface area contributed by atoms with Crippen LogP contribution in [-0.4, -0.2) is 28.6 Å². The monoisotopic (exact) mass is 475 g/mol. The molecule has 0 saturated heterocycles. The number of hydrogen-bond donors (Lipinski definition) is 1. The molecule has 34 heavy (non-hydrogen) atoms. The van der Waals surface area contributed by atoms with Gasteiger partial charge in [0.25, 0.3) is 5.91 Å². The van der Waals surface area contributed by atoms with Crippen LogP contribution in [0.5, 0.6) is 5.75 Å². The summed E-state index contributed by atoms with van der Waals surface area (Å²) in [7, 11) is 0. The second-order valence-electron chi connectivity index (χ2n) is 8.48. The lowest BCUT2D eigenvalue weighted by atomic mass is 10.1. The van der Waals surface area contributed by atoms with Gasteiger partial charge in [0, 0.05) is 25.1 Å². The largest absolute Gasteiger partial charge is 0.492 e. The Kier molecular flexibility index (Phi) is 7.86. The van der Waals surface area contributed by atoms with Crippen molar-refractivity contribution in [3.8, 4) is 5.75 Å². The highest BCUT2D eigenvalue weighted by molar-refractivity contribution is 6.32. The van der Waals surface area contributed by atoms with Crippen LogP contribution in [0.1, 0.15) is 40.2 Å². The molecule has 1 amide bonds. The maximum absolute atomic E-state index is 12.6. The molecular formula is C28H30ClN3O2. The van der Waals surface area contributed by atoms with Crippen LogP contribution in [0, 0.1) is 13.8 Å². The average Bonchev–Trinajstić information content (AvgIpc) is 3.18. The Balaban J connectivity index is 1.34. The number of amides is 1. The zero-order valence-corrected chi connectivity index (χ0v) is 20.4. The van der Waals surface area contributed by atoms with E-state index in [2.05, 4.69) is 16.0 Å². The quantitative estimate of drug-likeness (QED) is 0.280. The third-order valence-electron chi connectivity index (χ3n) is 5.84. The molecule has 176 valence electrons. The van der Waals surface area contributed by atoms with Crippen molar-refractivity contribution in [3.05, 3.63) is 94.3 Å². The number of benzene rings is 3. The molecule has 0 aliphatic carbocycles. The molecular weight excluding hydrogens is 446 g/mol. The summed E-state index contributed by atoms with van der Waals surface area (Å²) < 4.78 is 8.12. The summed E-state index contributed by atoms with van der Waals surface area (Å²) in [5.41, 5.74) is 5.00. The number of carbonyl (C=O) groups excluding carboxylic acids is 1. The molecule has 1 N–H and O–H groups in total. The van der Waals surface area contributed by atoms with Gasteiger partial charge in [-0.2, -0.15) is 0 Å². The Hall–Kier alpha value is -3.31. The molecule has 0 unspecified atom stereocenters. The summed E-state index contributed by atoms with van der Waals surface area (Å²) in [6, 6.07) is 21.6. The van der Waals surface area contributed by atoms with Gasteiger partial charge >= 0.3 is 0 Å². The lowest BCUT2D eigenvalue weighted by Gasteiger charge is -2.12.